The lowest BCUT2D eigenvalue weighted by molar-refractivity contribution is -0.177. The Kier molecular flexibility index (Phi) is 16.1. The van der Waals surface area contributed by atoms with Crippen molar-refractivity contribution in [1.29, 1.82) is 0 Å². The first kappa shape index (κ1) is 46.8. The lowest BCUT2D eigenvalue weighted by atomic mass is 9.90. The molecule has 2 amide bonds. The fourth-order valence-electron chi connectivity index (χ4n) is 10.3. The zero-order valence-corrected chi connectivity index (χ0v) is 38.7. The Bertz CT molecular complexity index is 2100. The van der Waals surface area contributed by atoms with Crippen molar-refractivity contribution < 1.29 is 38.1 Å². The molecule has 4 aliphatic rings. The van der Waals surface area contributed by atoms with Crippen LogP contribution in [0, 0.1) is 11.8 Å². The van der Waals surface area contributed by atoms with Crippen molar-refractivity contribution in [3.05, 3.63) is 119 Å². The van der Waals surface area contributed by atoms with Gasteiger partial charge in [-0.25, -0.2) is 9.59 Å². The number of hydrogen-bond donors (Lipinski definition) is 0. The van der Waals surface area contributed by atoms with Gasteiger partial charge in [-0.2, -0.15) is 0 Å². The number of rotatable bonds is 18. The van der Waals surface area contributed by atoms with Gasteiger partial charge in [0.25, 0.3) is 0 Å². The van der Waals surface area contributed by atoms with Crippen molar-refractivity contribution in [2.75, 3.05) is 75.4 Å². The molecule has 0 radical (unpaired) electrons. The number of benzene rings is 4. The second kappa shape index (κ2) is 22.7. The number of carbonyl (C=O) groups is 4. The summed E-state index contributed by atoms with van der Waals surface area (Å²) in [4.78, 5) is 61.4. The number of likely N-dealkylation sites (tertiary alicyclic amines) is 2. The van der Waals surface area contributed by atoms with Crippen molar-refractivity contribution in [3.8, 4) is 11.5 Å². The third-order valence-corrected chi connectivity index (χ3v) is 13.8. The molecule has 0 aliphatic carbocycles. The number of carbonyl (C=O) groups excluding carboxylic acids is 4. The maximum atomic E-state index is 13.9. The predicted octanol–water partition coefficient (Wildman–Crippen LogP) is 7.48. The Labute approximate surface area is 390 Å². The van der Waals surface area contributed by atoms with Gasteiger partial charge in [0.2, 0.25) is 11.8 Å². The molecule has 0 saturated carbocycles. The van der Waals surface area contributed by atoms with Crippen LogP contribution < -0.4 is 19.3 Å². The smallest absolute Gasteiger partial charge is 0.417 e. The predicted molar refractivity (Wildman–Crippen MR) is 255 cm³/mol. The minimum absolute atomic E-state index is 0.0281. The molecule has 0 bridgehead atoms. The highest BCUT2D eigenvalue weighted by Gasteiger charge is 2.33. The molecule has 0 N–H and O–H groups in total. The van der Waals surface area contributed by atoms with Gasteiger partial charge in [-0.1, -0.05) is 72.8 Å². The van der Waals surface area contributed by atoms with E-state index in [1.54, 1.807) is 9.80 Å². The van der Waals surface area contributed by atoms with Crippen LogP contribution in [-0.2, 0) is 54.3 Å². The second-order valence-electron chi connectivity index (χ2n) is 18.3. The third-order valence-electron chi connectivity index (χ3n) is 13.8. The van der Waals surface area contributed by atoms with Crippen LogP contribution in [0.1, 0.15) is 74.6 Å². The van der Waals surface area contributed by atoms with Crippen LogP contribution in [0.2, 0.25) is 0 Å². The van der Waals surface area contributed by atoms with E-state index in [1.165, 1.54) is 11.1 Å². The van der Waals surface area contributed by atoms with Crippen LogP contribution in [0.15, 0.2) is 97.1 Å². The van der Waals surface area contributed by atoms with Gasteiger partial charge in [-0.15, -0.1) is 0 Å². The number of nitrogens with zero attached hydrogens (tertiary/aromatic N) is 4. The van der Waals surface area contributed by atoms with Crippen LogP contribution in [0.3, 0.4) is 0 Å². The van der Waals surface area contributed by atoms with Crippen molar-refractivity contribution in [3.63, 3.8) is 0 Å². The van der Waals surface area contributed by atoms with Gasteiger partial charge in [-0.05, 0) is 139 Å². The van der Waals surface area contributed by atoms with Crippen molar-refractivity contribution >= 4 is 35.1 Å². The topological polar surface area (TPSA) is 118 Å². The lowest BCUT2D eigenvalue weighted by Crippen LogP contribution is -2.45. The van der Waals surface area contributed by atoms with Gasteiger partial charge in [0.05, 0.1) is 11.4 Å². The summed E-state index contributed by atoms with van der Waals surface area (Å²) in [6.07, 6.45) is 6.45. The van der Waals surface area contributed by atoms with E-state index in [-0.39, 0.29) is 25.0 Å². The summed E-state index contributed by atoms with van der Waals surface area (Å²) >= 11 is 0. The van der Waals surface area contributed by atoms with Crippen molar-refractivity contribution in [2.24, 2.45) is 11.8 Å². The number of ether oxygens (including phenoxy) is 4. The SMILES string of the molecule is CCN1C(=O)CCc2c(OCC(CN3CCC(Cc4ccccc4)CC3)OC(=O)C(=O)OC(COc3cccc4c3CCC(=O)N4CC)CN3CCC(Cc4ccccc4)CC3)cccc21. The Morgan fingerprint density at radius 3 is 1.30 bits per heavy atom. The first-order valence-electron chi connectivity index (χ1n) is 24.3. The van der Waals surface area contributed by atoms with Crippen LogP contribution in [-0.4, -0.2) is 111 Å². The Morgan fingerprint density at radius 1 is 0.530 bits per heavy atom. The van der Waals surface area contributed by atoms with E-state index in [2.05, 4.69) is 58.3 Å². The summed E-state index contributed by atoms with van der Waals surface area (Å²) < 4.78 is 25.0. The Balaban J connectivity index is 0.949. The molecule has 12 nitrogen and oxygen atoms in total. The number of amides is 2. The van der Waals surface area contributed by atoms with E-state index < -0.39 is 24.1 Å². The van der Waals surface area contributed by atoms with Crippen molar-refractivity contribution in [1.82, 2.24) is 9.80 Å². The minimum atomic E-state index is -1.07. The number of esters is 2. The molecule has 8 rings (SSSR count). The molecule has 4 heterocycles. The molecule has 4 aromatic carbocycles. The number of anilines is 2. The average molecular weight is 899 g/mol. The minimum Gasteiger partial charge on any atom is -0.489 e. The van der Waals surface area contributed by atoms with Crippen LogP contribution >= 0.6 is 0 Å². The normalized spacial score (nSPS) is 18.3. The summed E-state index contributed by atoms with van der Waals surface area (Å²) in [5.41, 5.74) is 6.25. The Hall–Kier alpha value is -5.72. The molecule has 0 spiro atoms. The number of hydrogen-bond acceptors (Lipinski definition) is 10. The van der Waals surface area contributed by atoms with Gasteiger partial charge in [0, 0.05) is 50.1 Å². The van der Waals surface area contributed by atoms with Gasteiger partial charge in [0.15, 0.2) is 0 Å². The molecule has 4 aromatic rings. The summed E-state index contributed by atoms with van der Waals surface area (Å²) in [6, 6.07) is 32.6. The summed E-state index contributed by atoms with van der Waals surface area (Å²) in [7, 11) is 0. The van der Waals surface area contributed by atoms with E-state index >= 15 is 0 Å². The molecule has 66 heavy (non-hydrogen) atoms. The fourth-order valence-corrected chi connectivity index (χ4v) is 10.3. The lowest BCUT2D eigenvalue weighted by Gasteiger charge is -2.35. The van der Waals surface area contributed by atoms with E-state index in [1.807, 2.05) is 62.4 Å². The molecule has 0 aromatic heterocycles. The third kappa shape index (κ3) is 12.0. The maximum Gasteiger partial charge on any atom is 0.417 e. The molecular weight excluding hydrogens is 833 g/mol. The van der Waals surface area contributed by atoms with Crippen molar-refractivity contribution in [2.45, 2.75) is 90.3 Å². The van der Waals surface area contributed by atoms with Gasteiger partial charge >= 0.3 is 11.9 Å². The highest BCUT2D eigenvalue weighted by atomic mass is 16.6. The van der Waals surface area contributed by atoms with E-state index in [0.29, 0.717) is 75.2 Å². The summed E-state index contributed by atoms with van der Waals surface area (Å²) in [6.45, 7) is 9.21. The van der Waals surface area contributed by atoms with Crippen LogP contribution in [0.4, 0.5) is 11.4 Å². The summed E-state index contributed by atoms with van der Waals surface area (Å²) in [5.74, 6) is 0.427. The zero-order chi connectivity index (χ0) is 45.8. The first-order chi connectivity index (χ1) is 32.2. The highest BCUT2D eigenvalue weighted by molar-refractivity contribution is 6.29. The molecule has 350 valence electrons. The van der Waals surface area contributed by atoms with Crippen LogP contribution in [0.5, 0.6) is 11.5 Å². The van der Waals surface area contributed by atoms with E-state index in [4.69, 9.17) is 18.9 Å². The summed E-state index contributed by atoms with van der Waals surface area (Å²) in [5, 5.41) is 0. The zero-order valence-electron chi connectivity index (χ0n) is 38.7. The van der Waals surface area contributed by atoms with E-state index in [9.17, 15) is 19.2 Å². The largest absolute Gasteiger partial charge is 0.489 e. The standard InChI is InChI=1S/C54H66N4O8/c1-3-57-47-17-11-19-49(45(47)21-23-51(57)59)63-37-43(35-55-29-25-41(26-30-55)33-39-13-7-5-8-14-39)65-53(61)54(62)66-44(36-56-31-27-42(28-32-56)34-40-15-9-6-10-16-40)38-64-50-20-12-18-48-46(50)22-24-52(60)58(48)4-2/h5-20,41-44H,3-4,21-38H2,1-2H3. The molecule has 2 unspecified atom stereocenters. The average Bonchev–Trinajstić information content (AvgIpc) is 3.34. The monoisotopic (exact) mass is 898 g/mol. The molecule has 12 heteroatoms. The molecule has 2 saturated heterocycles. The number of piperidine rings is 2. The van der Waals surface area contributed by atoms with Gasteiger partial charge < -0.3 is 28.7 Å². The number of fused-ring (bicyclic) bond motifs is 2. The second-order valence-corrected chi connectivity index (χ2v) is 18.3. The molecule has 2 fully saturated rings. The maximum absolute atomic E-state index is 13.9. The molecular formula is C54H66N4O8. The molecule has 2 atom stereocenters. The van der Waals surface area contributed by atoms with Gasteiger partial charge in [0.1, 0.15) is 36.9 Å². The fraction of sp³-hybridized carbons (Fsp3) is 0.481. The van der Waals surface area contributed by atoms with Gasteiger partial charge in [-0.3, -0.25) is 19.4 Å². The van der Waals surface area contributed by atoms with E-state index in [0.717, 1.165) is 87.2 Å². The highest BCUT2D eigenvalue weighted by Crippen LogP contribution is 2.36. The first-order valence-corrected chi connectivity index (χ1v) is 24.3. The quantitative estimate of drug-likeness (QED) is 0.0736. The Morgan fingerprint density at radius 2 is 0.924 bits per heavy atom. The van der Waals surface area contributed by atoms with Crippen LogP contribution in [0.25, 0.3) is 0 Å². The molecule has 4 aliphatic heterocycles.